The number of para-hydroxylation sites is 1. The molecular formula is C83H47Cl10N21O9S12. The first-order chi connectivity index (χ1) is 64.9. The van der Waals surface area contributed by atoms with E-state index in [1.807, 2.05) is 61.5 Å². The highest BCUT2D eigenvalue weighted by molar-refractivity contribution is 8.02. The first-order valence-electron chi connectivity index (χ1n) is 37.7. The lowest BCUT2D eigenvalue weighted by Gasteiger charge is -2.05. The second-order valence-corrected chi connectivity index (χ2v) is 45.1. The van der Waals surface area contributed by atoms with E-state index in [4.69, 9.17) is 116 Å². The minimum atomic E-state index is -3.45. The van der Waals surface area contributed by atoms with Crippen LogP contribution < -0.4 is 26.6 Å². The Labute approximate surface area is 858 Å². The van der Waals surface area contributed by atoms with Crippen LogP contribution in [0.4, 0.5) is 28.4 Å². The zero-order valence-electron chi connectivity index (χ0n) is 67.4. The number of thiazole rings is 1. The molecule has 1 aliphatic carbocycles. The molecule has 135 heavy (non-hydrogen) atoms. The molecule has 52 heteroatoms. The zero-order chi connectivity index (χ0) is 95.3. The van der Waals surface area contributed by atoms with Gasteiger partial charge in [0.2, 0.25) is 34.9 Å². The minimum Gasteiger partial charge on any atom is -0.320 e. The summed E-state index contributed by atoms with van der Waals surface area (Å²) in [6.07, 6.45) is 16.3. The van der Waals surface area contributed by atoms with Gasteiger partial charge in [0.15, 0.2) is 33.3 Å². The number of aromatic nitrogens is 16. The summed E-state index contributed by atoms with van der Waals surface area (Å²) in [7, 11) is -3.45. The minimum absolute atomic E-state index is 0.0817. The largest absolute Gasteiger partial charge is 0.320 e. The van der Waals surface area contributed by atoms with E-state index in [1.54, 1.807) is 84.3 Å². The summed E-state index contributed by atoms with van der Waals surface area (Å²) in [6, 6.07) is 37.0. The number of halogens is 10. The maximum Gasteiger partial charge on any atom is 0.286 e. The number of hydrogen-bond donors (Lipinski definition) is 5. The van der Waals surface area contributed by atoms with Crippen LogP contribution in [0.5, 0.6) is 0 Å². The van der Waals surface area contributed by atoms with Gasteiger partial charge in [0, 0.05) is 101 Å². The Kier molecular flexibility index (Phi) is 33.6. The molecule has 17 aromatic rings. The number of pyridine rings is 5. The fraction of sp³-hybridized carbons (Fsp3) is 0.0482. The average molecular weight is 2220 g/mol. The molecule has 5 amide bonds. The number of anilines is 5. The van der Waals surface area contributed by atoms with E-state index in [-0.39, 0.29) is 53.3 Å². The van der Waals surface area contributed by atoms with Crippen molar-refractivity contribution in [1.29, 1.82) is 0 Å². The second kappa shape index (κ2) is 45.6. The Hall–Kier alpha value is -9.95. The van der Waals surface area contributed by atoms with E-state index >= 15 is 0 Å². The standard InChI is InChI=1S/C17H9Cl2N5OS2.C17H10Cl2N4O2S2.C17H9Cl2N3O3S3.C16H9Cl2N5OS3.C16H10Cl2N4O2S2/c18-11-7-20-8-12(19)14(11)26-17-24-23-16(27-17)15(25)22-10-5-9-3-1-2-4-13(9)21-6-10;18-11-6-20-7-12(19)14(11)26-17-23-22-16(27-17)15(25)21-9-3-1-8-2-4-13(24)10(8)5-9;18-11-2-1-3-12(19)14(11)26-17-22-21-16(27-17)15(23)20-10-5-4-9-6-7-28(24,25)13(9)8-10;1-7-20-11-3-2-8(4-12(11)25-7)21-14(24)15-22-23-16(27-15)26-13-9(17)5-19-6-10(13)18;1-8(23)9-3-2-4-10(5-9)20-14(24)15-21-22-16(26-15)25-13-11(17)6-19-7-12(13)18/h1-8H,(H,22,25);1,3,5-7H,2,4H2,(H,21,25);1-8H,(H,20,23);2-6H,1H3,(H,21,24);2-7H,1H3,(H,20,24). The quantitative estimate of drug-likeness (QED) is 0.0417. The van der Waals surface area contributed by atoms with E-state index in [1.165, 1.54) is 127 Å². The van der Waals surface area contributed by atoms with Crippen LogP contribution >= 0.6 is 243 Å². The van der Waals surface area contributed by atoms with Crippen molar-refractivity contribution < 1.29 is 42.0 Å². The fourth-order valence-electron chi connectivity index (χ4n) is 11.5. The number of rotatable bonds is 21. The lowest BCUT2D eigenvalue weighted by atomic mass is 10.1. The Morgan fingerprint density at radius 3 is 1.20 bits per heavy atom. The molecule has 0 spiro atoms. The molecule has 0 fully saturated rings. The number of hydrogen-bond acceptors (Lipinski definition) is 36. The number of ketones is 2. The number of aryl methyl sites for hydroxylation is 2. The topological polar surface area (TPSA) is 420 Å². The number of carbonyl (C=O) groups is 7. The molecule has 0 atom stereocenters. The summed E-state index contributed by atoms with van der Waals surface area (Å²) in [6.45, 7) is 3.41. The highest BCUT2D eigenvalue weighted by Crippen LogP contribution is 2.46. The van der Waals surface area contributed by atoms with Crippen molar-refractivity contribution in [2.75, 3.05) is 26.6 Å². The van der Waals surface area contributed by atoms with Gasteiger partial charge >= 0.3 is 0 Å². The van der Waals surface area contributed by atoms with Gasteiger partial charge in [-0.15, -0.1) is 62.3 Å². The number of nitrogens with one attached hydrogen (secondary N) is 5. The van der Waals surface area contributed by atoms with Crippen LogP contribution in [0.2, 0.25) is 50.2 Å². The van der Waals surface area contributed by atoms with Gasteiger partial charge in [-0.05, 0) is 116 Å². The summed E-state index contributed by atoms with van der Waals surface area (Å²) in [4.78, 5) is 113. The van der Waals surface area contributed by atoms with Crippen LogP contribution in [-0.2, 0) is 16.3 Å². The number of sulfone groups is 1. The molecule has 0 unspecified atom stereocenters. The molecule has 1 aliphatic heterocycles. The number of Topliss-reactive ketones (excluding diaryl/α,β-unsaturated/α-hetero) is 2. The van der Waals surface area contributed by atoms with Gasteiger partial charge in [-0.25, -0.2) is 13.4 Å². The van der Waals surface area contributed by atoms with Gasteiger partial charge in [0.05, 0.1) is 112 Å². The van der Waals surface area contributed by atoms with Gasteiger partial charge in [0.25, 0.3) is 29.5 Å². The maximum atomic E-state index is 12.5. The fourth-order valence-corrected chi connectivity index (χ4v) is 25.0. The Morgan fingerprint density at radius 2 is 0.756 bits per heavy atom. The molecule has 0 saturated carbocycles. The van der Waals surface area contributed by atoms with Crippen LogP contribution in [0.25, 0.3) is 27.2 Å². The zero-order valence-corrected chi connectivity index (χ0v) is 84.8. The highest BCUT2D eigenvalue weighted by atomic mass is 35.5. The van der Waals surface area contributed by atoms with Crippen molar-refractivity contribution in [3.05, 3.63) is 291 Å². The molecule has 6 aromatic carbocycles. The molecule has 5 N–H and O–H groups in total. The molecule has 0 bridgehead atoms. The van der Waals surface area contributed by atoms with E-state index in [0.29, 0.717) is 148 Å². The number of carbonyl (C=O) groups excluding carboxylic acids is 7. The molecule has 30 nitrogen and oxygen atoms in total. The SMILES string of the molecule is CC(=O)c1cccc(NC(=O)c2nnc(Sc3c(Cl)cncc3Cl)s2)c1.Cc1nc2ccc(NC(=O)c3nnc(Sc4c(Cl)cncc4Cl)s3)cc2s1.O=C(Nc1ccc2c(c1)C(=O)CC2)c1nnc(Sc2c(Cl)cncc2Cl)s1.O=C(Nc1ccc2c(c1)S(=O)(=O)C=C2)c1nnc(Sc2c(Cl)cccc2Cl)s1.O=C(Nc1cnc2ccccc2c1)c1nnc(Sc2c(Cl)cncc2Cl)s1. The van der Waals surface area contributed by atoms with Crippen molar-refractivity contribution in [1.82, 2.24) is 80.9 Å². The summed E-state index contributed by atoms with van der Waals surface area (Å²) in [5.41, 5.74) is 7.24. The maximum absolute atomic E-state index is 12.5. The molecule has 0 saturated heterocycles. The van der Waals surface area contributed by atoms with Gasteiger partial charge in [-0.1, -0.05) is 280 Å². The summed E-state index contributed by atoms with van der Waals surface area (Å²) < 4.78 is 27.6. The summed E-state index contributed by atoms with van der Waals surface area (Å²) >= 11 is 74.4. The van der Waals surface area contributed by atoms with Gasteiger partial charge in [0.1, 0.15) is 0 Å². The van der Waals surface area contributed by atoms with Crippen molar-refractivity contribution in [2.45, 2.75) is 77.8 Å². The first kappa shape index (κ1) is 99.5. The van der Waals surface area contributed by atoms with Crippen molar-refractivity contribution in [3.63, 3.8) is 0 Å². The summed E-state index contributed by atoms with van der Waals surface area (Å²) in [5, 5.41) is 61.6. The molecule has 680 valence electrons. The third kappa shape index (κ3) is 25.9. The van der Waals surface area contributed by atoms with Gasteiger partial charge in [-0.2, -0.15) is 0 Å². The van der Waals surface area contributed by atoms with Crippen LogP contribution in [0.3, 0.4) is 0 Å². The third-order valence-corrected chi connectivity index (χ3v) is 34.6. The van der Waals surface area contributed by atoms with Gasteiger partial charge in [-0.3, -0.25) is 58.5 Å². The highest BCUT2D eigenvalue weighted by Gasteiger charge is 2.27. The summed E-state index contributed by atoms with van der Waals surface area (Å²) in [5.74, 6) is -1.96. The van der Waals surface area contributed by atoms with E-state index in [9.17, 15) is 42.0 Å². The normalized spacial score (nSPS) is 11.9. The number of nitrogens with zero attached hydrogens (tertiary/aromatic N) is 16. The average Bonchev–Trinajstić information content (AvgIpc) is 1.63. The predicted octanol–water partition coefficient (Wildman–Crippen LogP) is 25.4. The van der Waals surface area contributed by atoms with Crippen LogP contribution in [-0.4, -0.2) is 130 Å². The van der Waals surface area contributed by atoms with E-state index in [2.05, 4.69) is 107 Å². The van der Waals surface area contributed by atoms with Crippen molar-refractivity contribution >= 4 is 349 Å². The second-order valence-electron chi connectivity index (χ2n) is 26.8. The van der Waals surface area contributed by atoms with E-state index in [0.717, 1.165) is 100 Å². The molecule has 2 aliphatic rings. The predicted molar refractivity (Wildman–Crippen MR) is 538 cm³/mol. The number of benzene rings is 6. The molecule has 0 radical (unpaired) electrons. The Bertz CT molecular complexity index is 7570. The van der Waals surface area contributed by atoms with E-state index < -0.39 is 27.6 Å². The van der Waals surface area contributed by atoms with Crippen molar-refractivity contribution in [3.8, 4) is 0 Å². The van der Waals surface area contributed by atoms with Crippen LogP contribution in [0, 0.1) is 6.92 Å². The molecule has 19 rings (SSSR count). The Morgan fingerprint density at radius 1 is 0.370 bits per heavy atom. The van der Waals surface area contributed by atoms with Crippen LogP contribution in [0.15, 0.2) is 240 Å². The Balaban J connectivity index is 0.000000129. The third-order valence-electron chi connectivity index (χ3n) is 17.5. The monoisotopic (exact) mass is 2210 g/mol. The number of fused-ring (bicyclic) bond motifs is 4. The van der Waals surface area contributed by atoms with Gasteiger partial charge < -0.3 is 26.6 Å². The number of amides is 5. The van der Waals surface area contributed by atoms with Crippen LogP contribution in [0.1, 0.15) is 99.2 Å². The molecule has 11 aromatic heterocycles. The molecular weight excluding hydrogens is 2170 g/mol. The molecule has 12 heterocycles. The van der Waals surface area contributed by atoms with Crippen molar-refractivity contribution in [2.24, 2.45) is 0 Å². The smallest absolute Gasteiger partial charge is 0.286 e. The lowest BCUT2D eigenvalue weighted by Crippen LogP contribution is -2.12. The lowest BCUT2D eigenvalue weighted by molar-refractivity contribution is 0.0988. The first-order valence-corrected chi connectivity index (χ1v) is 52.0.